The van der Waals surface area contributed by atoms with Crippen molar-refractivity contribution in [2.45, 2.75) is 13.1 Å². The van der Waals surface area contributed by atoms with Crippen molar-refractivity contribution in [1.82, 2.24) is 25.3 Å². The minimum atomic E-state index is -0.460. The molecule has 3 N–H and O–H groups in total. The van der Waals surface area contributed by atoms with Gasteiger partial charge in [0.2, 0.25) is 5.95 Å². The van der Waals surface area contributed by atoms with Crippen LogP contribution in [0, 0.1) is 11.3 Å². The van der Waals surface area contributed by atoms with E-state index in [4.69, 9.17) is 21.3 Å². The van der Waals surface area contributed by atoms with Crippen LogP contribution in [-0.2, 0) is 13.1 Å². The fourth-order valence-electron chi connectivity index (χ4n) is 2.79. The minimum Gasteiger partial charge on any atom is -0.467 e. The van der Waals surface area contributed by atoms with E-state index in [9.17, 15) is 4.79 Å². The first-order chi connectivity index (χ1) is 15.1. The van der Waals surface area contributed by atoms with Crippen molar-refractivity contribution >= 4 is 23.5 Å². The van der Waals surface area contributed by atoms with Crippen molar-refractivity contribution in [2.75, 3.05) is 5.32 Å². The van der Waals surface area contributed by atoms with Gasteiger partial charge in [0.1, 0.15) is 11.6 Å². The van der Waals surface area contributed by atoms with Gasteiger partial charge in [0.25, 0.3) is 5.91 Å². The predicted octanol–water partition coefficient (Wildman–Crippen LogP) is 3.53. The Balaban J connectivity index is 1.40. The molecule has 1 amide bonds. The number of H-pyrrole nitrogens is 1. The molecule has 0 saturated carbocycles. The molecule has 3 heterocycles. The van der Waals surface area contributed by atoms with Crippen LogP contribution in [0.4, 0.5) is 5.95 Å². The van der Waals surface area contributed by atoms with E-state index in [1.807, 2.05) is 12.1 Å². The summed E-state index contributed by atoms with van der Waals surface area (Å²) in [6, 6.07) is 12.8. The molecule has 0 spiro atoms. The predicted molar refractivity (Wildman–Crippen MR) is 113 cm³/mol. The highest BCUT2D eigenvalue weighted by molar-refractivity contribution is 6.33. The molecule has 10 heteroatoms. The molecule has 4 aromatic rings. The summed E-state index contributed by atoms with van der Waals surface area (Å²) in [5.74, 6) is 1.05. The molecule has 0 aliphatic carbocycles. The van der Waals surface area contributed by atoms with Crippen molar-refractivity contribution in [3.8, 4) is 17.3 Å². The number of imidazole rings is 1. The second-order valence-electron chi connectivity index (χ2n) is 6.44. The normalized spacial score (nSPS) is 10.5. The lowest BCUT2D eigenvalue weighted by molar-refractivity contribution is 0.0945. The van der Waals surface area contributed by atoms with Crippen LogP contribution in [0.15, 0.2) is 59.5 Å². The van der Waals surface area contributed by atoms with Crippen molar-refractivity contribution in [3.05, 3.63) is 82.9 Å². The van der Waals surface area contributed by atoms with E-state index in [0.717, 1.165) is 11.3 Å². The Bertz CT molecular complexity index is 1240. The standard InChI is InChI=1S/C21H16ClN7O2/c22-16-10-27-21(26-9-15-5-2-6-31-15)29-19(16)20(30)25-12-18-24-11-17(28-18)14-4-1-3-13(7-14)8-23/h1-7,10-11H,9,12H2,(H,24,28)(H,25,30)(H,26,27,29). The van der Waals surface area contributed by atoms with E-state index in [2.05, 4.69) is 36.6 Å². The molecule has 154 valence electrons. The molecule has 4 rings (SSSR count). The van der Waals surface area contributed by atoms with Gasteiger partial charge in [-0.15, -0.1) is 0 Å². The number of hydrogen-bond acceptors (Lipinski definition) is 7. The van der Waals surface area contributed by atoms with Crippen LogP contribution in [0.2, 0.25) is 5.02 Å². The lowest BCUT2D eigenvalue weighted by atomic mass is 10.1. The molecule has 0 fully saturated rings. The Morgan fingerprint density at radius 2 is 2.10 bits per heavy atom. The third-order valence-corrected chi connectivity index (χ3v) is 4.58. The Kier molecular flexibility index (Phi) is 5.91. The molecule has 1 aromatic carbocycles. The number of furan rings is 1. The van der Waals surface area contributed by atoms with Crippen molar-refractivity contribution < 1.29 is 9.21 Å². The average molecular weight is 434 g/mol. The molecule has 0 bridgehead atoms. The van der Waals surface area contributed by atoms with E-state index in [-0.39, 0.29) is 23.2 Å². The Morgan fingerprint density at radius 3 is 2.90 bits per heavy atom. The number of nitrogens with one attached hydrogen (secondary N) is 3. The average Bonchev–Trinajstić information content (AvgIpc) is 3.49. The molecule has 9 nitrogen and oxygen atoms in total. The van der Waals surface area contributed by atoms with Gasteiger partial charge in [-0.1, -0.05) is 23.7 Å². The molecule has 0 saturated heterocycles. The van der Waals surface area contributed by atoms with E-state index >= 15 is 0 Å². The van der Waals surface area contributed by atoms with Crippen LogP contribution in [0.25, 0.3) is 11.3 Å². The number of benzene rings is 1. The van der Waals surface area contributed by atoms with Crippen LogP contribution in [0.3, 0.4) is 0 Å². The van der Waals surface area contributed by atoms with Crippen LogP contribution >= 0.6 is 11.6 Å². The maximum absolute atomic E-state index is 12.6. The Morgan fingerprint density at radius 1 is 1.19 bits per heavy atom. The van der Waals surface area contributed by atoms with Crippen LogP contribution in [0.1, 0.15) is 27.6 Å². The zero-order valence-corrected chi connectivity index (χ0v) is 16.8. The number of carbonyl (C=O) groups excluding carboxylic acids is 1. The molecule has 0 aliphatic heterocycles. The van der Waals surface area contributed by atoms with Crippen LogP contribution in [0.5, 0.6) is 0 Å². The molecule has 31 heavy (non-hydrogen) atoms. The SMILES string of the molecule is N#Cc1cccc(-c2cnc(CNC(=O)c3nc(NCc4ccco4)ncc3Cl)[nH]2)c1. The van der Waals surface area contributed by atoms with Crippen molar-refractivity contribution in [1.29, 1.82) is 5.26 Å². The minimum absolute atomic E-state index is 0.0483. The zero-order valence-electron chi connectivity index (χ0n) is 16.1. The highest BCUT2D eigenvalue weighted by Gasteiger charge is 2.15. The number of aromatic amines is 1. The lowest BCUT2D eigenvalue weighted by Gasteiger charge is -2.07. The van der Waals surface area contributed by atoms with Crippen LogP contribution in [-0.4, -0.2) is 25.8 Å². The molecule has 3 aromatic heterocycles. The van der Waals surface area contributed by atoms with Gasteiger partial charge in [0.15, 0.2) is 5.69 Å². The third kappa shape index (κ3) is 4.88. The van der Waals surface area contributed by atoms with Crippen molar-refractivity contribution in [3.63, 3.8) is 0 Å². The quantitative estimate of drug-likeness (QED) is 0.406. The number of aromatic nitrogens is 4. The van der Waals surface area contributed by atoms with E-state index < -0.39 is 5.91 Å². The summed E-state index contributed by atoms with van der Waals surface area (Å²) < 4.78 is 5.24. The summed E-state index contributed by atoms with van der Waals surface area (Å²) in [5.41, 5.74) is 2.17. The summed E-state index contributed by atoms with van der Waals surface area (Å²) >= 11 is 6.10. The molecular weight excluding hydrogens is 418 g/mol. The fraction of sp³-hybridized carbons (Fsp3) is 0.0952. The molecule has 0 aliphatic rings. The number of nitrogens with zero attached hydrogens (tertiary/aromatic N) is 4. The molecule has 0 unspecified atom stereocenters. The summed E-state index contributed by atoms with van der Waals surface area (Å²) in [6.45, 7) is 0.518. The molecular formula is C21H16ClN7O2. The smallest absolute Gasteiger partial charge is 0.272 e. The van der Waals surface area contributed by atoms with Crippen LogP contribution < -0.4 is 10.6 Å². The summed E-state index contributed by atoms with van der Waals surface area (Å²) in [5, 5.41) is 14.9. The summed E-state index contributed by atoms with van der Waals surface area (Å²) in [6.07, 6.45) is 4.58. The number of nitriles is 1. The monoisotopic (exact) mass is 433 g/mol. The lowest BCUT2D eigenvalue weighted by Crippen LogP contribution is -2.25. The van der Waals surface area contributed by atoms with Gasteiger partial charge >= 0.3 is 0 Å². The van der Waals surface area contributed by atoms with Gasteiger partial charge in [0.05, 0.1) is 54.1 Å². The third-order valence-electron chi connectivity index (χ3n) is 4.31. The fourth-order valence-corrected chi connectivity index (χ4v) is 2.97. The number of carbonyl (C=O) groups is 1. The van der Waals surface area contributed by atoms with E-state index in [0.29, 0.717) is 23.7 Å². The highest BCUT2D eigenvalue weighted by atomic mass is 35.5. The Labute approximate surface area is 182 Å². The second-order valence-corrected chi connectivity index (χ2v) is 6.85. The molecule has 0 atom stereocenters. The first-order valence-electron chi connectivity index (χ1n) is 9.24. The zero-order chi connectivity index (χ0) is 21.6. The Hall–Kier alpha value is -4.16. The van der Waals surface area contributed by atoms with Gasteiger partial charge in [-0.05, 0) is 24.3 Å². The van der Waals surface area contributed by atoms with Gasteiger partial charge in [-0.2, -0.15) is 5.26 Å². The summed E-state index contributed by atoms with van der Waals surface area (Å²) in [4.78, 5) is 28.2. The first kappa shape index (κ1) is 20.1. The topological polar surface area (TPSA) is 133 Å². The van der Waals surface area contributed by atoms with Gasteiger partial charge in [-0.25, -0.2) is 15.0 Å². The van der Waals surface area contributed by atoms with Crippen molar-refractivity contribution in [2.24, 2.45) is 0 Å². The highest BCUT2D eigenvalue weighted by Crippen LogP contribution is 2.19. The van der Waals surface area contributed by atoms with Gasteiger partial charge in [-0.3, -0.25) is 4.79 Å². The first-order valence-corrected chi connectivity index (χ1v) is 9.61. The molecule has 0 radical (unpaired) electrons. The second kappa shape index (κ2) is 9.11. The van der Waals surface area contributed by atoms with E-state index in [1.165, 1.54) is 6.20 Å². The van der Waals surface area contributed by atoms with Gasteiger partial charge < -0.3 is 20.0 Å². The number of halogens is 1. The van der Waals surface area contributed by atoms with E-state index in [1.54, 1.807) is 36.7 Å². The number of amides is 1. The number of rotatable bonds is 7. The largest absolute Gasteiger partial charge is 0.467 e. The maximum Gasteiger partial charge on any atom is 0.272 e. The maximum atomic E-state index is 12.6. The number of hydrogen-bond donors (Lipinski definition) is 3. The van der Waals surface area contributed by atoms with Gasteiger partial charge in [0, 0.05) is 5.56 Å². The number of anilines is 1. The summed E-state index contributed by atoms with van der Waals surface area (Å²) in [7, 11) is 0.